The summed E-state index contributed by atoms with van der Waals surface area (Å²) in [4.78, 5) is 4.68. The van der Waals surface area contributed by atoms with Crippen molar-refractivity contribution in [2.45, 2.75) is 52.0 Å². The van der Waals surface area contributed by atoms with Crippen LogP contribution in [0, 0.1) is 5.92 Å². The van der Waals surface area contributed by atoms with Gasteiger partial charge >= 0.3 is 0 Å². The van der Waals surface area contributed by atoms with Gasteiger partial charge in [-0.3, -0.25) is 0 Å². The van der Waals surface area contributed by atoms with E-state index in [0.29, 0.717) is 11.8 Å². The van der Waals surface area contributed by atoms with Crippen molar-refractivity contribution in [2.75, 3.05) is 0 Å². The lowest BCUT2D eigenvalue weighted by Gasteiger charge is -2.23. The van der Waals surface area contributed by atoms with Crippen LogP contribution in [-0.4, -0.2) is 9.55 Å². The summed E-state index contributed by atoms with van der Waals surface area (Å²) < 4.78 is 2.39. The van der Waals surface area contributed by atoms with Crippen molar-refractivity contribution < 1.29 is 0 Å². The maximum absolute atomic E-state index is 5.95. The Labute approximate surface area is 96.7 Å². The van der Waals surface area contributed by atoms with Crippen molar-refractivity contribution in [2.24, 2.45) is 5.92 Å². The van der Waals surface area contributed by atoms with Gasteiger partial charge in [0.1, 0.15) is 5.82 Å². The van der Waals surface area contributed by atoms with Gasteiger partial charge in [-0.1, -0.05) is 20.8 Å². The average molecular weight is 227 g/mol. The van der Waals surface area contributed by atoms with Gasteiger partial charge in [0.05, 0.1) is 11.6 Å². The lowest BCUT2D eigenvalue weighted by atomic mass is 9.97. The number of aromatic nitrogens is 2. The summed E-state index contributed by atoms with van der Waals surface area (Å²) in [5.41, 5.74) is 2.49. The molecule has 0 N–H and O–H groups in total. The van der Waals surface area contributed by atoms with Crippen LogP contribution in [0.25, 0.3) is 0 Å². The number of hydrogen-bond donors (Lipinski definition) is 0. The first kappa shape index (κ1) is 11.0. The second-order valence-electron chi connectivity index (χ2n) is 4.90. The zero-order chi connectivity index (χ0) is 11.0. The predicted molar refractivity (Wildman–Crippen MR) is 63.4 cm³/mol. The molecule has 1 aliphatic rings. The molecule has 2 rings (SSSR count). The third kappa shape index (κ3) is 1.92. The Hall–Kier alpha value is -0.500. The van der Waals surface area contributed by atoms with Crippen molar-refractivity contribution in [3.05, 3.63) is 17.2 Å². The molecule has 0 aromatic carbocycles. The molecular formula is C12H19ClN2. The standard InChI is InChI=1S/C12H19ClN2/c1-8(2)12-14-10(7-13)11-6-9(3)4-5-15(11)12/h8-9H,4-7H2,1-3H3. The molecule has 0 bridgehead atoms. The Morgan fingerprint density at radius 3 is 2.87 bits per heavy atom. The number of halogens is 1. The van der Waals surface area contributed by atoms with Crippen molar-refractivity contribution in [1.29, 1.82) is 0 Å². The first-order valence-electron chi connectivity index (χ1n) is 5.77. The highest BCUT2D eigenvalue weighted by Gasteiger charge is 2.23. The van der Waals surface area contributed by atoms with Crippen LogP contribution in [0.15, 0.2) is 0 Å². The Kier molecular flexibility index (Phi) is 3.06. The molecule has 2 nitrogen and oxygen atoms in total. The number of rotatable bonds is 2. The molecule has 0 saturated carbocycles. The maximum Gasteiger partial charge on any atom is 0.111 e. The Morgan fingerprint density at radius 1 is 1.53 bits per heavy atom. The predicted octanol–water partition coefficient (Wildman–Crippen LogP) is 3.33. The highest BCUT2D eigenvalue weighted by atomic mass is 35.5. The molecule has 0 saturated heterocycles. The molecule has 15 heavy (non-hydrogen) atoms. The van der Waals surface area contributed by atoms with Crippen LogP contribution >= 0.6 is 11.6 Å². The van der Waals surface area contributed by atoms with E-state index in [4.69, 9.17) is 11.6 Å². The molecule has 0 spiro atoms. The second-order valence-corrected chi connectivity index (χ2v) is 5.17. The van der Waals surface area contributed by atoms with E-state index >= 15 is 0 Å². The zero-order valence-electron chi connectivity index (χ0n) is 9.76. The van der Waals surface area contributed by atoms with Crippen molar-refractivity contribution >= 4 is 11.6 Å². The monoisotopic (exact) mass is 226 g/mol. The molecule has 3 heteroatoms. The minimum absolute atomic E-state index is 0.495. The molecule has 1 unspecified atom stereocenters. The van der Waals surface area contributed by atoms with Crippen LogP contribution in [0.1, 0.15) is 50.3 Å². The lowest BCUT2D eigenvalue weighted by molar-refractivity contribution is 0.404. The van der Waals surface area contributed by atoms with E-state index in [1.54, 1.807) is 0 Å². The van der Waals surface area contributed by atoms with E-state index < -0.39 is 0 Å². The molecule has 2 heterocycles. The number of hydrogen-bond acceptors (Lipinski definition) is 1. The second kappa shape index (κ2) is 4.17. The summed E-state index contributed by atoms with van der Waals surface area (Å²) in [5.74, 6) is 3.03. The van der Waals surface area contributed by atoms with E-state index in [0.717, 1.165) is 24.6 Å². The first-order valence-corrected chi connectivity index (χ1v) is 6.31. The topological polar surface area (TPSA) is 17.8 Å². The highest BCUT2D eigenvalue weighted by molar-refractivity contribution is 6.17. The molecule has 1 atom stereocenters. The summed E-state index contributed by atoms with van der Waals surface area (Å²) in [5, 5.41) is 0. The molecule has 0 fully saturated rings. The molecule has 1 aromatic heterocycles. The zero-order valence-corrected chi connectivity index (χ0v) is 10.5. The Balaban J connectivity index is 2.45. The fourth-order valence-electron chi connectivity index (χ4n) is 2.36. The van der Waals surface area contributed by atoms with Gasteiger partial charge in [0.2, 0.25) is 0 Å². The van der Waals surface area contributed by atoms with Crippen molar-refractivity contribution in [3.63, 3.8) is 0 Å². The Morgan fingerprint density at radius 2 is 2.27 bits per heavy atom. The molecule has 0 amide bonds. The van der Waals surface area contributed by atoms with Gasteiger partial charge in [0.25, 0.3) is 0 Å². The third-order valence-corrected chi connectivity index (χ3v) is 3.47. The number of fused-ring (bicyclic) bond motifs is 1. The van der Waals surface area contributed by atoms with E-state index in [9.17, 15) is 0 Å². The van der Waals surface area contributed by atoms with E-state index in [1.807, 2.05) is 0 Å². The quantitative estimate of drug-likeness (QED) is 0.708. The summed E-state index contributed by atoms with van der Waals surface area (Å²) >= 11 is 5.95. The van der Waals surface area contributed by atoms with Gasteiger partial charge in [-0.2, -0.15) is 0 Å². The molecular weight excluding hydrogens is 208 g/mol. The number of imidazole rings is 1. The van der Waals surface area contributed by atoms with Crippen LogP contribution in [0.4, 0.5) is 0 Å². The maximum atomic E-state index is 5.95. The van der Waals surface area contributed by atoms with Crippen LogP contribution in [0.3, 0.4) is 0 Å². The van der Waals surface area contributed by atoms with Gasteiger partial charge in [0.15, 0.2) is 0 Å². The van der Waals surface area contributed by atoms with Crippen molar-refractivity contribution in [1.82, 2.24) is 9.55 Å². The number of alkyl halides is 1. The Bertz CT molecular complexity index is 355. The fourth-order valence-corrected chi connectivity index (χ4v) is 2.58. The van der Waals surface area contributed by atoms with Gasteiger partial charge in [-0.25, -0.2) is 4.98 Å². The van der Waals surface area contributed by atoms with Gasteiger partial charge in [-0.05, 0) is 18.8 Å². The minimum atomic E-state index is 0.495. The largest absolute Gasteiger partial charge is 0.331 e. The summed E-state index contributed by atoms with van der Waals surface area (Å²) in [6.45, 7) is 7.83. The van der Waals surface area contributed by atoms with Gasteiger partial charge in [-0.15, -0.1) is 11.6 Å². The van der Waals surface area contributed by atoms with Gasteiger partial charge in [0, 0.05) is 18.2 Å². The summed E-state index contributed by atoms with van der Waals surface area (Å²) in [7, 11) is 0. The minimum Gasteiger partial charge on any atom is -0.331 e. The molecule has 0 aliphatic carbocycles. The van der Waals surface area contributed by atoms with Crippen LogP contribution in [0.5, 0.6) is 0 Å². The smallest absolute Gasteiger partial charge is 0.111 e. The van der Waals surface area contributed by atoms with Gasteiger partial charge < -0.3 is 4.57 Å². The van der Waals surface area contributed by atoms with Crippen molar-refractivity contribution in [3.8, 4) is 0 Å². The summed E-state index contributed by atoms with van der Waals surface area (Å²) in [6.07, 6.45) is 2.41. The molecule has 84 valence electrons. The number of nitrogens with zero attached hydrogens (tertiary/aromatic N) is 2. The molecule has 1 aliphatic heterocycles. The lowest BCUT2D eigenvalue weighted by Crippen LogP contribution is -2.19. The highest BCUT2D eigenvalue weighted by Crippen LogP contribution is 2.28. The normalized spacial score (nSPS) is 20.7. The van der Waals surface area contributed by atoms with Crippen LogP contribution in [-0.2, 0) is 18.8 Å². The fraction of sp³-hybridized carbons (Fsp3) is 0.750. The molecule has 1 aromatic rings. The summed E-state index contributed by atoms with van der Waals surface area (Å²) in [6, 6.07) is 0. The third-order valence-electron chi connectivity index (χ3n) is 3.22. The van der Waals surface area contributed by atoms with E-state index in [-0.39, 0.29) is 0 Å². The average Bonchev–Trinajstić information content (AvgIpc) is 2.55. The van der Waals surface area contributed by atoms with Crippen LogP contribution < -0.4 is 0 Å². The molecule has 0 radical (unpaired) electrons. The first-order chi connectivity index (χ1) is 7.13. The SMILES string of the molecule is CC1CCn2c(C(C)C)nc(CCl)c2C1. The van der Waals surface area contributed by atoms with E-state index in [1.165, 1.54) is 17.9 Å². The van der Waals surface area contributed by atoms with Crippen LogP contribution in [0.2, 0.25) is 0 Å². The van der Waals surface area contributed by atoms with E-state index in [2.05, 4.69) is 30.3 Å².